The number of benzene rings is 1. The Morgan fingerprint density at radius 3 is 2.74 bits per heavy atom. The van der Waals surface area contributed by atoms with Crippen molar-refractivity contribution < 1.29 is 23.8 Å². The predicted molar refractivity (Wildman–Crippen MR) is 134 cm³/mol. The van der Waals surface area contributed by atoms with Crippen LogP contribution >= 0.6 is 0 Å². The van der Waals surface area contributed by atoms with E-state index in [1.807, 2.05) is 13.7 Å². The first-order valence-electron chi connectivity index (χ1n) is 12.2. The minimum atomic E-state index is -0.638. The molecule has 0 spiro atoms. The number of hydrogen-bond acceptors (Lipinski definition) is 5. The molecule has 1 aromatic carbocycles. The fraction of sp³-hybridized carbons (Fsp3) is 0.440. The van der Waals surface area contributed by atoms with E-state index in [1.54, 1.807) is 11.0 Å². The Kier molecular flexibility index (Phi) is 6.52. The van der Waals surface area contributed by atoms with E-state index in [0.717, 1.165) is 29.8 Å². The Bertz CT molecular complexity index is 1200. The minimum Gasteiger partial charge on any atom is -0.390 e. The fourth-order valence-corrected chi connectivity index (χ4v) is 5.27. The van der Waals surface area contributed by atoms with Crippen LogP contribution in [0.5, 0.6) is 0 Å². The molecule has 0 aliphatic carbocycles. The third kappa shape index (κ3) is 4.53. The number of rotatable bonds is 6. The van der Waals surface area contributed by atoms with Gasteiger partial charge in [0.25, 0.3) is 11.8 Å². The first-order chi connectivity index (χ1) is 16.9. The molecule has 1 atom stereocenters. The highest BCUT2D eigenvalue weighted by atomic mass is 19.1. The van der Waals surface area contributed by atoms with E-state index in [1.165, 1.54) is 12.1 Å². The maximum absolute atomic E-state index is 14.2. The molecule has 3 aliphatic rings. The zero-order valence-corrected chi connectivity index (χ0v) is 20.1. The van der Waals surface area contributed by atoms with Crippen molar-refractivity contribution in [3.05, 3.63) is 46.0 Å². The molecule has 1 saturated heterocycles. The highest BCUT2D eigenvalue weighted by molar-refractivity contribution is 6.56. The Hall–Kier alpha value is -2.95. The number of amides is 2. The zero-order chi connectivity index (χ0) is 24.7. The number of fused-ring (bicyclic) bond motifs is 2. The number of carbonyl (C=O) groups is 2. The summed E-state index contributed by atoms with van der Waals surface area (Å²) in [6.45, 7) is 7.94. The topological polar surface area (TPSA) is 97.9 Å². The van der Waals surface area contributed by atoms with E-state index in [2.05, 4.69) is 15.2 Å². The van der Waals surface area contributed by atoms with Crippen molar-refractivity contribution in [1.29, 1.82) is 0 Å². The zero-order valence-electron chi connectivity index (χ0n) is 20.1. The van der Waals surface area contributed by atoms with E-state index in [9.17, 15) is 19.1 Å². The van der Waals surface area contributed by atoms with Gasteiger partial charge in [-0.2, -0.15) is 0 Å². The molecule has 0 radical (unpaired) electrons. The number of β-amino-alcohol motifs (C(OH)–C–C–N with tert-alkyl or cyclic N) is 1. The van der Waals surface area contributed by atoms with Gasteiger partial charge in [-0.15, -0.1) is 0 Å². The highest BCUT2D eigenvalue weighted by Gasteiger charge is 2.32. The lowest BCUT2D eigenvalue weighted by atomic mass is 9.71. The smallest absolute Gasteiger partial charge is 0.256 e. The van der Waals surface area contributed by atoms with Gasteiger partial charge in [0.05, 0.1) is 30.5 Å². The fourth-order valence-electron chi connectivity index (χ4n) is 5.27. The lowest BCUT2D eigenvalue weighted by Gasteiger charge is -2.32. The van der Waals surface area contributed by atoms with Crippen molar-refractivity contribution in [3.63, 3.8) is 0 Å². The molecule has 3 aliphatic heterocycles. The van der Waals surface area contributed by atoms with E-state index in [-0.39, 0.29) is 24.2 Å². The first kappa shape index (κ1) is 23.8. The van der Waals surface area contributed by atoms with Gasteiger partial charge in [0, 0.05) is 61.8 Å². The van der Waals surface area contributed by atoms with Crippen LogP contribution in [0.15, 0.2) is 12.1 Å². The van der Waals surface area contributed by atoms with Gasteiger partial charge in [-0.1, -0.05) is 12.3 Å². The number of nitrogens with one attached hydrogen (secondary N) is 2. The largest absolute Gasteiger partial charge is 0.390 e. The number of carbonyl (C=O) groups excluding carboxylic acids is 2. The molecule has 0 bridgehead atoms. The van der Waals surface area contributed by atoms with Crippen LogP contribution in [0.4, 0.5) is 10.1 Å². The number of aliphatic hydroxyl groups excluding tert-OH is 1. The third-order valence-electron chi connectivity index (χ3n) is 7.13. The molecule has 4 heterocycles. The predicted octanol–water partition coefficient (Wildman–Crippen LogP) is 0.756. The van der Waals surface area contributed by atoms with Crippen molar-refractivity contribution in [2.45, 2.75) is 26.3 Å². The second kappa shape index (κ2) is 9.60. The molecule has 1 aromatic heterocycles. The monoisotopic (exact) mass is 480 g/mol. The lowest BCUT2D eigenvalue weighted by molar-refractivity contribution is -0.110. The summed E-state index contributed by atoms with van der Waals surface area (Å²) < 4.78 is 19.6. The van der Waals surface area contributed by atoms with E-state index in [4.69, 9.17) is 4.74 Å². The van der Waals surface area contributed by atoms with Crippen molar-refractivity contribution >= 4 is 41.9 Å². The lowest BCUT2D eigenvalue weighted by Crippen LogP contribution is -2.47. The van der Waals surface area contributed by atoms with Crippen LogP contribution in [0.2, 0.25) is 6.82 Å². The van der Waals surface area contributed by atoms with Gasteiger partial charge in [-0.05, 0) is 30.7 Å². The summed E-state index contributed by atoms with van der Waals surface area (Å²) in [4.78, 5) is 33.2. The van der Waals surface area contributed by atoms with Gasteiger partial charge in [-0.25, -0.2) is 4.39 Å². The Labute approximate surface area is 204 Å². The van der Waals surface area contributed by atoms with Gasteiger partial charge >= 0.3 is 0 Å². The standard InChI is InChI=1S/C25H30BFN4O4/c1-14-21(11-18-17-9-15(27)10-19(26-2)23(17)29-24(18)33)28-20-3-4-31(25(34)22(14)20)13-16(32)12-30-5-7-35-8-6-30/h9-11,16,26,28,32H,3-8,12-13H2,1-2H3,(H,29,33)/b18-11-. The molecule has 10 heteroatoms. The van der Waals surface area contributed by atoms with Gasteiger partial charge in [0.1, 0.15) is 5.82 Å². The molecule has 0 saturated carbocycles. The molecule has 2 amide bonds. The van der Waals surface area contributed by atoms with Crippen molar-refractivity contribution in [2.24, 2.45) is 0 Å². The van der Waals surface area contributed by atoms with Crippen molar-refractivity contribution in [2.75, 3.05) is 51.3 Å². The van der Waals surface area contributed by atoms with Crippen LogP contribution in [-0.4, -0.2) is 91.0 Å². The molecule has 5 rings (SSSR count). The number of hydrogen-bond donors (Lipinski definition) is 3. The number of ether oxygens (including phenoxy) is 1. The Morgan fingerprint density at radius 1 is 1.23 bits per heavy atom. The SMILES string of the molecule is CBc1cc(F)cc2c1NC(=O)/C2=C\c1[nH]c2c(c1C)C(=O)N(CC(O)CN1CCOCC1)CC2. The average Bonchev–Trinajstić information content (AvgIpc) is 3.32. The molecule has 35 heavy (non-hydrogen) atoms. The molecule has 3 N–H and O–H groups in total. The van der Waals surface area contributed by atoms with Gasteiger partial charge in [0.15, 0.2) is 7.28 Å². The highest BCUT2D eigenvalue weighted by Crippen LogP contribution is 2.34. The van der Waals surface area contributed by atoms with Crippen LogP contribution in [-0.2, 0) is 16.0 Å². The van der Waals surface area contributed by atoms with E-state index < -0.39 is 6.10 Å². The molecular formula is C25H30BFN4O4. The maximum Gasteiger partial charge on any atom is 0.256 e. The summed E-state index contributed by atoms with van der Waals surface area (Å²) in [5.74, 6) is -0.792. The summed E-state index contributed by atoms with van der Waals surface area (Å²) in [7, 11) is 0.602. The number of morpholine rings is 1. The summed E-state index contributed by atoms with van der Waals surface area (Å²) in [6.07, 6.45) is 1.70. The average molecular weight is 480 g/mol. The quantitative estimate of drug-likeness (QED) is 0.419. The Balaban J connectivity index is 1.37. The molecule has 8 nitrogen and oxygen atoms in total. The van der Waals surface area contributed by atoms with Crippen LogP contribution in [0, 0.1) is 12.7 Å². The summed E-state index contributed by atoms with van der Waals surface area (Å²) in [5, 5.41) is 13.5. The second-order valence-electron chi connectivity index (χ2n) is 9.44. The van der Waals surface area contributed by atoms with Crippen molar-refractivity contribution in [3.8, 4) is 0 Å². The number of aromatic amines is 1. The number of aromatic nitrogens is 1. The summed E-state index contributed by atoms with van der Waals surface area (Å²) >= 11 is 0. The van der Waals surface area contributed by atoms with E-state index in [0.29, 0.717) is 68.1 Å². The number of aliphatic hydroxyl groups is 1. The summed E-state index contributed by atoms with van der Waals surface area (Å²) in [5.41, 5.74) is 5.15. The molecule has 2 aromatic rings. The number of halogens is 1. The van der Waals surface area contributed by atoms with Gasteiger partial charge < -0.3 is 25.0 Å². The van der Waals surface area contributed by atoms with Gasteiger partial charge in [0.2, 0.25) is 0 Å². The minimum absolute atomic E-state index is 0.124. The van der Waals surface area contributed by atoms with Gasteiger partial charge in [-0.3, -0.25) is 14.5 Å². The number of H-pyrrole nitrogens is 1. The molecule has 1 unspecified atom stereocenters. The Morgan fingerprint density at radius 2 is 2.00 bits per heavy atom. The first-order valence-corrected chi connectivity index (χ1v) is 12.2. The number of nitrogens with zero attached hydrogens (tertiary/aromatic N) is 2. The van der Waals surface area contributed by atoms with Crippen LogP contribution in [0.3, 0.4) is 0 Å². The van der Waals surface area contributed by atoms with Crippen LogP contribution < -0.4 is 10.8 Å². The normalized spacial score (nSPS) is 20.1. The molecule has 1 fully saturated rings. The second-order valence-corrected chi connectivity index (χ2v) is 9.44. The van der Waals surface area contributed by atoms with Crippen LogP contribution in [0.25, 0.3) is 11.6 Å². The molecule has 184 valence electrons. The third-order valence-corrected chi connectivity index (χ3v) is 7.13. The molecular weight excluding hydrogens is 450 g/mol. The van der Waals surface area contributed by atoms with Crippen molar-refractivity contribution in [1.82, 2.24) is 14.8 Å². The van der Waals surface area contributed by atoms with Crippen LogP contribution in [0.1, 0.15) is 32.9 Å². The van der Waals surface area contributed by atoms with E-state index >= 15 is 0 Å². The maximum atomic E-state index is 14.2. The number of anilines is 1. The summed E-state index contributed by atoms with van der Waals surface area (Å²) in [6, 6.07) is 2.82.